The molecule has 0 spiro atoms. The summed E-state index contributed by atoms with van der Waals surface area (Å²) in [5.41, 5.74) is 2.79. The lowest BCUT2D eigenvalue weighted by Gasteiger charge is -1.99. The molecule has 0 fully saturated rings. The van der Waals surface area contributed by atoms with Crippen LogP contribution < -0.4 is 0 Å². The normalized spacial score (nSPS) is 9.88. The third-order valence-electron chi connectivity index (χ3n) is 1.99. The second kappa shape index (κ2) is 5.37. The van der Waals surface area contributed by atoms with Gasteiger partial charge in [-0.25, -0.2) is 0 Å². The summed E-state index contributed by atoms with van der Waals surface area (Å²) in [5, 5.41) is 0. The predicted molar refractivity (Wildman–Crippen MR) is 73.3 cm³/mol. The van der Waals surface area contributed by atoms with Crippen LogP contribution in [-0.4, -0.2) is 9.97 Å². The Bertz CT molecular complexity index is 488. The molecule has 4 heteroatoms. The van der Waals surface area contributed by atoms with Crippen molar-refractivity contribution in [2.75, 3.05) is 0 Å². The van der Waals surface area contributed by atoms with Crippen molar-refractivity contribution in [3.63, 3.8) is 0 Å². The second-order valence-electron chi connectivity index (χ2n) is 3.13. The van der Waals surface area contributed by atoms with E-state index in [1.54, 1.807) is 6.20 Å². The zero-order chi connectivity index (χ0) is 11.4. The van der Waals surface area contributed by atoms with E-state index in [2.05, 4.69) is 41.8 Å². The van der Waals surface area contributed by atoms with Crippen LogP contribution in [0.5, 0.6) is 0 Å². The van der Waals surface area contributed by atoms with Crippen LogP contribution in [0.4, 0.5) is 0 Å². The van der Waals surface area contributed by atoms with Gasteiger partial charge in [0, 0.05) is 12.4 Å². The Balaban J connectivity index is 2.30. The summed E-state index contributed by atoms with van der Waals surface area (Å²) in [6.07, 6.45) is 5.52. The van der Waals surface area contributed by atoms with Crippen molar-refractivity contribution in [1.82, 2.24) is 9.97 Å². The van der Waals surface area contributed by atoms with Gasteiger partial charge in [-0.1, -0.05) is 12.1 Å². The highest BCUT2D eigenvalue weighted by Gasteiger charge is 1.98. The Hall–Kier alpha value is -1.00. The maximum atomic E-state index is 4.35. The Labute approximate surface area is 111 Å². The molecule has 0 radical (unpaired) electrons. The zero-order valence-corrected chi connectivity index (χ0v) is 11.4. The van der Waals surface area contributed by atoms with E-state index in [-0.39, 0.29) is 0 Å². The number of rotatable bonds is 2. The number of aromatic nitrogens is 2. The summed E-state index contributed by atoms with van der Waals surface area (Å²) >= 11 is 6.62. The van der Waals surface area contributed by atoms with Gasteiger partial charge in [0.15, 0.2) is 0 Å². The van der Waals surface area contributed by atoms with E-state index in [1.807, 2.05) is 42.6 Å². The number of hydrogen-bond donors (Lipinski definition) is 0. The van der Waals surface area contributed by atoms with Crippen molar-refractivity contribution in [2.45, 2.75) is 0 Å². The first-order valence-electron chi connectivity index (χ1n) is 4.66. The first-order valence-corrected chi connectivity index (χ1v) is 6.24. The molecule has 16 heavy (non-hydrogen) atoms. The van der Waals surface area contributed by atoms with Gasteiger partial charge >= 0.3 is 0 Å². The maximum Gasteiger partial charge on any atom is 0.0886 e. The molecular weight excluding hydrogens is 332 g/mol. The van der Waals surface area contributed by atoms with Gasteiger partial charge in [-0.2, -0.15) is 0 Å². The van der Waals surface area contributed by atoms with Crippen molar-refractivity contribution >= 4 is 37.9 Å². The molecule has 2 rings (SSSR count). The van der Waals surface area contributed by atoms with Crippen molar-refractivity contribution in [2.24, 2.45) is 0 Å². The molecule has 0 aliphatic carbocycles. The minimum Gasteiger partial charge on any atom is -0.255 e. The van der Waals surface area contributed by atoms with Crippen LogP contribution in [0.25, 0.3) is 17.5 Å². The Kier molecular flexibility index (Phi) is 3.85. The summed E-state index contributed by atoms with van der Waals surface area (Å²) in [5.74, 6) is 0. The summed E-state index contributed by atoms with van der Waals surface area (Å²) in [4.78, 5) is 8.60. The lowest BCUT2D eigenvalue weighted by Crippen LogP contribution is -1.86. The molecule has 0 aliphatic rings. The molecule has 0 atom stereocenters. The number of halogens is 2. The van der Waals surface area contributed by atoms with Crippen LogP contribution in [0.3, 0.4) is 0 Å². The smallest absolute Gasteiger partial charge is 0.0886 e. The van der Waals surface area contributed by atoms with Crippen molar-refractivity contribution in [3.05, 3.63) is 51.7 Å². The molecule has 2 aromatic heterocycles. The minimum absolute atomic E-state index is 0.878. The van der Waals surface area contributed by atoms with Gasteiger partial charge in [0.2, 0.25) is 0 Å². The highest BCUT2D eigenvalue weighted by Crippen LogP contribution is 2.19. The van der Waals surface area contributed by atoms with Crippen molar-refractivity contribution in [1.29, 1.82) is 0 Å². The fourth-order valence-corrected chi connectivity index (χ4v) is 1.81. The molecule has 0 saturated heterocycles. The Morgan fingerprint density at radius 2 is 1.81 bits per heavy atom. The van der Waals surface area contributed by atoms with Gasteiger partial charge in [-0.3, -0.25) is 9.97 Å². The fraction of sp³-hybridized carbons (Fsp3) is 0. The van der Waals surface area contributed by atoms with Crippen LogP contribution in [0.15, 0.2) is 46.1 Å². The molecule has 0 unspecified atom stereocenters. The van der Waals surface area contributed by atoms with E-state index < -0.39 is 0 Å². The third-order valence-corrected chi connectivity index (χ3v) is 2.45. The average molecular weight is 340 g/mol. The monoisotopic (exact) mass is 338 g/mol. The topological polar surface area (TPSA) is 25.8 Å². The maximum absolute atomic E-state index is 4.35. The summed E-state index contributed by atoms with van der Waals surface area (Å²) < 4.78 is 0.896. The molecule has 0 amide bonds. The standard InChI is InChI=1S/C12H8Br2N2/c13-12(14)7-9-4-5-11(16-8-9)10-3-1-2-6-15-10/h1-8H. The largest absolute Gasteiger partial charge is 0.255 e. The SMILES string of the molecule is BrC(Br)=Cc1ccc(-c2ccccn2)nc1. The van der Waals surface area contributed by atoms with E-state index in [1.165, 1.54) is 0 Å². The van der Waals surface area contributed by atoms with Crippen molar-refractivity contribution in [3.8, 4) is 11.4 Å². The van der Waals surface area contributed by atoms with Gasteiger partial charge in [-0.15, -0.1) is 0 Å². The molecule has 0 N–H and O–H groups in total. The zero-order valence-electron chi connectivity index (χ0n) is 8.27. The van der Waals surface area contributed by atoms with Gasteiger partial charge < -0.3 is 0 Å². The summed E-state index contributed by atoms with van der Waals surface area (Å²) in [6.45, 7) is 0. The lowest BCUT2D eigenvalue weighted by atomic mass is 10.2. The van der Waals surface area contributed by atoms with E-state index in [9.17, 15) is 0 Å². The minimum atomic E-state index is 0.878. The molecule has 0 bridgehead atoms. The number of pyridine rings is 2. The highest BCUT2D eigenvalue weighted by molar-refractivity contribution is 9.28. The van der Waals surface area contributed by atoms with Crippen LogP contribution in [0.1, 0.15) is 5.56 Å². The van der Waals surface area contributed by atoms with E-state index in [4.69, 9.17) is 0 Å². The molecular formula is C12H8Br2N2. The van der Waals surface area contributed by atoms with Crippen LogP contribution in [-0.2, 0) is 0 Å². The molecule has 0 aliphatic heterocycles. The first kappa shape index (κ1) is 11.5. The summed E-state index contributed by atoms with van der Waals surface area (Å²) in [6, 6.07) is 9.74. The van der Waals surface area contributed by atoms with Gasteiger partial charge in [0.1, 0.15) is 0 Å². The molecule has 2 nitrogen and oxygen atoms in total. The molecule has 0 aromatic carbocycles. The van der Waals surface area contributed by atoms with E-state index in [0.29, 0.717) is 0 Å². The molecule has 80 valence electrons. The molecule has 2 aromatic rings. The van der Waals surface area contributed by atoms with E-state index >= 15 is 0 Å². The number of nitrogens with zero attached hydrogens (tertiary/aromatic N) is 2. The predicted octanol–water partition coefficient (Wildman–Crippen LogP) is 4.23. The van der Waals surface area contributed by atoms with Crippen LogP contribution in [0.2, 0.25) is 0 Å². The van der Waals surface area contributed by atoms with Gasteiger partial charge in [-0.05, 0) is 61.7 Å². The van der Waals surface area contributed by atoms with E-state index in [0.717, 1.165) is 20.3 Å². The van der Waals surface area contributed by atoms with Gasteiger partial charge in [0.25, 0.3) is 0 Å². The quantitative estimate of drug-likeness (QED) is 0.818. The third kappa shape index (κ3) is 3.00. The van der Waals surface area contributed by atoms with Gasteiger partial charge in [0.05, 0.1) is 14.8 Å². The molecule has 0 saturated carbocycles. The highest BCUT2D eigenvalue weighted by atomic mass is 79.9. The molecule has 2 heterocycles. The van der Waals surface area contributed by atoms with Crippen LogP contribution >= 0.6 is 31.9 Å². The first-order chi connectivity index (χ1) is 7.75. The average Bonchev–Trinajstić information content (AvgIpc) is 2.30. The second-order valence-corrected chi connectivity index (χ2v) is 5.90. The Morgan fingerprint density at radius 3 is 2.38 bits per heavy atom. The van der Waals surface area contributed by atoms with Crippen molar-refractivity contribution < 1.29 is 0 Å². The summed E-state index contributed by atoms with van der Waals surface area (Å²) in [7, 11) is 0. The number of hydrogen-bond acceptors (Lipinski definition) is 2. The Morgan fingerprint density at radius 1 is 1.00 bits per heavy atom. The fourth-order valence-electron chi connectivity index (χ4n) is 1.28. The van der Waals surface area contributed by atoms with Crippen LogP contribution in [0, 0.1) is 0 Å². The lowest BCUT2D eigenvalue weighted by molar-refractivity contribution is 1.24.